The lowest BCUT2D eigenvalue weighted by Crippen LogP contribution is -1.90. The molecule has 5 aromatic rings. The van der Waals surface area contributed by atoms with Crippen LogP contribution in [0, 0.1) is 0 Å². The molecule has 0 amide bonds. The van der Waals surface area contributed by atoms with Crippen LogP contribution in [0.2, 0.25) is 0 Å². The van der Waals surface area contributed by atoms with Crippen LogP contribution in [0.25, 0.3) is 43.8 Å². The molecule has 0 aromatic heterocycles. The van der Waals surface area contributed by atoms with Gasteiger partial charge in [0.1, 0.15) is 0 Å². The Morgan fingerprint density at radius 1 is 0.429 bits per heavy atom. The summed E-state index contributed by atoms with van der Waals surface area (Å²) in [5.74, 6) is 0. The summed E-state index contributed by atoms with van der Waals surface area (Å²) in [6.07, 6.45) is 0. The average Bonchev–Trinajstić information content (AvgIpc) is 2.73. The van der Waals surface area contributed by atoms with Crippen LogP contribution < -0.4 is 11.5 Å². The number of hydrogen-bond acceptors (Lipinski definition) is 2. The van der Waals surface area contributed by atoms with E-state index in [1.807, 2.05) is 18.2 Å². The summed E-state index contributed by atoms with van der Waals surface area (Å²) in [5.41, 5.74) is 18.6. The molecule has 0 atom stereocenters. The van der Waals surface area contributed by atoms with E-state index in [4.69, 9.17) is 11.5 Å². The molecule has 0 aliphatic carbocycles. The Balaban J connectivity index is 1.62. The molecule has 0 heterocycles. The highest BCUT2D eigenvalue weighted by molar-refractivity contribution is 6.00. The van der Waals surface area contributed by atoms with Crippen LogP contribution in [0.3, 0.4) is 0 Å². The molecule has 5 aromatic carbocycles. The molecular formula is C26H20N2. The van der Waals surface area contributed by atoms with Gasteiger partial charge in [-0.3, -0.25) is 0 Å². The highest BCUT2D eigenvalue weighted by Crippen LogP contribution is 2.33. The van der Waals surface area contributed by atoms with Crippen molar-refractivity contribution >= 4 is 32.9 Å². The van der Waals surface area contributed by atoms with Crippen molar-refractivity contribution in [3.8, 4) is 22.3 Å². The van der Waals surface area contributed by atoms with E-state index < -0.39 is 0 Å². The number of fused-ring (bicyclic) bond motifs is 2. The minimum Gasteiger partial charge on any atom is -0.399 e. The van der Waals surface area contributed by atoms with Crippen LogP contribution in [-0.2, 0) is 0 Å². The van der Waals surface area contributed by atoms with Crippen LogP contribution >= 0.6 is 0 Å². The summed E-state index contributed by atoms with van der Waals surface area (Å²) < 4.78 is 0. The summed E-state index contributed by atoms with van der Waals surface area (Å²) in [4.78, 5) is 0. The number of hydrogen-bond donors (Lipinski definition) is 2. The first-order chi connectivity index (χ1) is 13.7. The predicted molar refractivity (Wildman–Crippen MR) is 121 cm³/mol. The molecule has 0 aliphatic rings. The second kappa shape index (κ2) is 6.43. The summed E-state index contributed by atoms with van der Waals surface area (Å²) in [7, 11) is 0. The molecule has 0 spiro atoms. The lowest BCUT2D eigenvalue weighted by Gasteiger charge is -2.11. The molecule has 2 nitrogen and oxygen atoms in total. The van der Waals surface area contributed by atoms with Gasteiger partial charge in [0.05, 0.1) is 0 Å². The monoisotopic (exact) mass is 360 g/mol. The first-order valence-electron chi connectivity index (χ1n) is 9.36. The number of nitrogens with two attached hydrogens (primary N) is 2. The Morgan fingerprint density at radius 3 is 1.89 bits per heavy atom. The zero-order chi connectivity index (χ0) is 19.1. The van der Waals surface area contributed by atoms with Crippen molar-refractivity contribution in [3.05, 3.63) is 97.1 Å². The van der Waals surface area contributed by atoms with Crippen LogP contribution in [-0.4, -0.2) is 0 Å². The third-order valence-corrected chi connectivity index (χ3v) is 5.29. The van der Waals surface area contributed by atoms with Gasteiger partial charge in [-0.2, -0.15) is 0 Å². The molecule has 0 radical (unpaired) electrons. The fraction of sp³-hybridized carbons (Fsp3) is 0. The maximum absolute atomic E-state index is 6.46. The minimum absolute atomic E-state index is 0.782. The normalized spacial score (nSPS) is 11.1. The average molecular weight is 360 g/mol. The van der Waals surface area contributed by atoms with Gasteiger partial charge in [-0.05, 0) is 74.8 Å². The summed E-state index contributed by atoms with van der Waals surface area (Å²) in [5, 5.41) is 4.54. The van der Waals surface area contributed by atoms with Gasteiger partial charge in [0, 0.05) is 16.8 Å². The first-order valence-corrected chi connectivity index (χ1v) is 9.36. The lowest BCUT2D eigenvalue weighted by molar-refractivity contribution is 1.63. The molecule has 0 saturated carbocycles. The van der Waals surface area contributed by atoms with Crippen molar-refractivity contribution in [1.29, 1.82) is 0 Å². The zero-order valence-corrected chi connectivity index (χ0v) is 15.4. The Labute approximate surface area is 164 Å². The van der Waals surface area contributed by atoms with E-state index in [0.717, 1.165) is 38.7 Å². The molecule has 2 heteroatoms. The van der Waals surface area contributed by atoms with Gasteiger partial charge in [0.25, 0.3) is 0 Å². The smallest absolute Gasteiger partial charge is 0.0400 e. The van der Waals surface area contributed by atoms with E-state index >= 15 is 0 Å². The SMILES string of the molecule is Nc1ccc2cc(-c3cc(N)c4cc(-c5ccccc5)ccc4c3)ccc2c1. The van der Waals surface area contributed by atoms with E-state index in [1.165, 1.54) is 16.5 Å². The van der Waals surface area contributed by atoms with Crippen LogP contribution in [0.1, 0.15) is 0 Å². The quantitative estimate of drug-likeness (QED) is 0.353. The van der Waals surface area contributed by atoms with Gasteiger partial charge < -0.3 is 11.5 Å². The number of rotatable bonds is 2. The van der Waals surface area contributed by atoms with Gasteiger partial charge >= 0.3 is 0 Å². The first kappa shape index (κ1) is 16.4. The van der Waals surface area contributed by atoms with E-state index in [0.29, 0.717) is 0 Å². The molecular weight excluding hydrogens is 340 g/mol. The highest BCUT2D eigenvalue weighted by atomic mass is 14.6. The number of benzene rings is 5. The van der Waals surface area contributed by atoms with Gasteiger partial charge in [-0.1, -0.05) is 60.7 Å². The zero-order valence-electron chi connectivity index (χ0n) is 15.4. The summed E-state index contributed by atoms with van der Waals surface area (Å²) in [6, 6.07) is 33.6. The summed E-state index contributed by atoms with van der Waals surface area (Å²) >= 11 is 0. The van der Waals surface area contributed by atoms with Crippen LogP contribution in [0.4, 0.5) is 11.4 Å². The van der Waals surface area contributed by atoms with E-state index in [1.54, 1.807) is 0 Å². The maximum Gasteiger partial charge on any atom is 0.0400 e. The number of nitrogen functional groups attached to an aromatic ring is 2. The molecule has 0 saturated heterocycles. The fourth-order valence-corrected chi connectivity index (χ4v) is 3.81. The molecule has 0 fully saturated rings. The van der Waals surface area contributed by atoms with Gasteiger partial charge in [0.2, 0.25) is 0 Å². The van der Waals surface area contributed by atoms with Crippen molar-refractivity contribution in [3.63, 3.8) is 0 Å². The van der Waals surface area contributed by atoms with Crippen molar-refractivity contribution in [1.82, 2.24) is 0 Å². The Kier molecular flexibility index (Phi) is 3.77. The van der Waals surface area contributed by atoms with Gasteiger partial charge in [0.15, 0.2) is 0 Å². The van der Waals surface area contributed by atoms with E-state index in [2.05, 4.69) is 78.9 Å². The van der Waals surface area contributed by atoms with Crippen LogP contribution in [0.15, 0.2) is 97.1 Å². The largest absolute Gasteiger partial charge is 0.399 e. The minimum atomic E-state index is 0.782. The Hall–Kier alpha value is -3.78. The van der Waals surface area contributed by atoms with Crippen molar-refractivity contribution in [2.45, 2.75) is 0 Å². The summed E-state index contributed by atoms with van der Waals surface area (Å²) in [6.45, 7) is 0. The third kappa shape index (κ3) is 2.85. The standard InChI is InChI=1S/C26H20N2/c27-24-11-10-18-12-19(6-7-20(18)14-24)23-13-22-9-8-21(15-25(22)26(28)16-23)17-4-2-1-3-5-17/h1-16H,27-28H2. The molecule has 28 heavy (non-hydrogen) atoms. The van der Waals surface area contributed by atoms with E-state index in [-0.39, 0.29) is 0 Å². The molecule has 5 rings (SSSR count). The Morgan fingerprint density at radius 2 is 1.07 bits per heavy atom. The van der Waals surface area contributed by atoms with Crippen molar-refractivity contribution in [2.24, 2.45) is 0 Å². The predicted octanol–water partition coefficient (Wildman–Crippen LogP) is 6.49. The molecule has 134 valence electrons. The highest BCUT2D eigenvalue weighted by Gasteiger charge is 2.07. The molecule has 4 N–H and O–H groups in total. The van der Waals surface area contributed by atoms with Gasteiger partial charge in [-0.15, -0.1) is 0 Å². The van der Waals surface area contributed by atoms with Crippen molar-refractivity contribution < 1.29 is 0 Å². The second-order valence-electron chi connectivity index (χ2n) is 7.19. The maximum atomic E-state index is 6.46. The Bertz CT molecular complexity index is 1320. The lowest BCUT2D eigenvalue weighted by atomic mass is 9.95. The van der Waals surface area contributed by atoms with Crippen LogP contribution in [0.5, 0.6) is 0 Å². The second-order valence-corrected chi connectivity index (χ2v) is 7.19. The molecule has 0 unspecified atom stereocenters. The molecule has 0 bridgehead atoms. The van der Waals surface area contributed by atoms with Crippen molar-refractivity contribution in [2.75, 3.05) is 11.5 Å². The van der Waals surface area contributed by atoms with Gasteiger partial charge in [-0.25, -0.2) is 0 Å². The molecule has 0 aliphatic heterocycles. The number of anilines is 2. The van der Waals surface area contributed by atoms with E-state index in [9.17, 15) is 0 Å². The topological polar surface area (TPSA) is 52.0 Å². The third-order valence-electron chi connectivity index (χ3n) is 5.29. The fourth-order valence-electron chi connectivity index (χ4n) is 3.81.